The predicted molar refractivity (Wildman–Crippen MR) is 125 cm³/mol. The largest absolute Gasteiger partial charge is 0.320 e. The summed E-state index contributed by atoms with van der Waals surface area (Å²) in [7, 11) is -2.05. The third kappa shape index (κ3) is 4.08. The molecule has 0 unspecified atom stereocenters. The van der Waals surface area contributed by atoms with Crippen molar-refractivity contribution in [3.63, 3.8) is 0 Å². The number of aromatic nitrogens is 4. The summed E-state index contributed by atoms with van der Waals surface area (Å²) in [5.74, 6) is -0.601. The van der Waals surface area contributed by atoms with E-state index in [1.54, 1.807) is 23.3 Å². The summed E-state index contributed by atoms with van der Waals surface area (Å²) < 4.78 is 46.3. The third-order valence-electron chi connectivity index (χ3n) is 5.16. The van der Waals surface area contributed by atoms with Gasteiger partial charge < -0.3 is 4.40 Å². The lowest BCUT2D eigenvalue weighted by Gasteiger charge is -2.10. The van der Waals surface area contributed by atoms with Crippen molar-refractivity contribution in [1.29, 1.82) is 0 Å². The van der Waals surface area contributed by atoms with Crippen LogP contribution >= 0.6 is 11.6 Å². The summed E-state index contributed by atoms with van der Waals surface area (Å²) in [6.45, 7) is 0. The SMILES string of the molecule is Cn1cc(-c2cc3c(-c4ccc(NS(=O)(=O)c5ccc(Cl)cc5)cc4F)nccn3c2)cn1. The zero-order valence-corrected chi connectivity index (χ0v) is 18.8. The van der Waals surface area contributed by atoms with Gasteiger partial charge in [-0.15, -0.1) is 0 Å². The standard InChI is InChI=1S/C23H17ClFN5O2S/c1-29-13-16(12-27-29)15-10-22-23(26-8-9-30(22)14-15)20-7-4-18(11-21(20)25)28-33(31,32)19-5-2-17(24)3-6-19/h2-14,28H,1H3. The highest BCUT2D eigenvalue weighted by atomic mass is 35.5. The van der Waals surface area contributed by atoms with Crippen molar-refractivity contribution in [1.82, 2.24) is 19.2 Å². The molecule has 166 valence electrons. The summed E-state index contributed by atoms with van der Waals surface area (Å²) in [6, 6.07) is 11.8. The minimum Gasteiger partial charge on any atom is -0.320 e. The molecule has 0 saturated heterocycles. The Kier molecular flexibility index (Phi) is 5.15. The van der Waals surface area contributed by atoms with E-state index < -0.39 is 15.8 Å². The van der Waals surface area contributed by atoms with Gasteiger partial charge in [0.05, 0.1) is 28.0 Å². The second-order valence-corrected chi connectivity index (χ2v) is 9.57. The maximum atomic E-state index is 15.1. The Balaban J connectivity index is 1.49. The van der Waals surface area contributed by atoms with Crippen molar-refractivity contribution in [3.8, 4) is 22.4 Å². The molecule has 0 aliphatic rings. The second-order valence-electron chi connectivity index (χ2n) is 7.45. The molecule has 0 aliphatic heterocycles. The third-order valence-corrected chi connectivity index (χ3v) is 6.81. The molecule has 3 aromatic heterocycles. The number of nitrogens with one attached hydrogen (secondary N) is 1. The Morgan fingerprint density at radius 1 is 1.03 bits per heavy atom. The van der Waals surface area contributed by atoms with Gasteiger partial charge in [-0.05, 0) is 48.5 Å². The number of rotatable bonds is 5. The van der Waals surface area contributed by atoms with E-state index in [9.17, 15) is 8.42 Å². The minimum absolute atomic E-state index is 0.0268. The first-order valence-corrected chi connectivity index (χ1v) is 11.7. The van der Waals surface area contributed by atoms with Crippen molar-refractivity contribution in [2.75, 3.05) is 4.72 Å². The number of fused-ring (bicyclic) bond motifs is 1. The van der Waals surface area contributed by atoms with Crippen molar-refractivity contribution in [2.45, 2.75) is 4.90 Å². The van der Waals surface area contributed by atoms with Crippen LogP contribution in [0.2, 0.25) is 5.02 Å². The van der Waals surface area contributed by atoms with Crippen LogP contribution in [0, 0.1) is 5.82 Å². The lowest BCUT2D eigenvalue weighted by atomic mass is 10.1. The van der Waals surface area contributed by atoms with Gasteiger partial charge in [0, 0.05) is 53.5 Å². The Morgan fingerprint density at radius 3 is 2.52 bits per heavy atom. The van der Waals surface area contributed by atoms with Crippen molar-refractivity contribution in [3.05, 3.63) is 90.4 Å². The number of aryl methyl sites for hydroxylation is 1. The molecule has 0 amide bonds. The molecule has 10 heteroatoms. The molecule has 0 radical (unpaired) electrons. The minimum atomic E-state index is -3.89. The molecule has 2 aromatic carbocycles. The maximum Gasteiger partial charge on any atom is 0.261 e. The van der Waals surface area contributed by atoms with E-state index in [1.807, 2.05) is 29.9 Å². The summed E-state index contributed by atoms with van der Waals surface area (Å²) >= 11 is 5.82. The fourth-order valence-corrected chi connectivity index (χ4v) is 4.75. The van der Waals surface area contributed by atoms with Crippen molar-refractivity contribution in [2.24, 2.45) is 7.05 Å². The lowest BCUT2D eigenvalue weighted by molar-refractivity contribution is 0.601. The van der Waals surface area contributed by atoms with E-state index in [0.29, 0.717) is 16.2 Å². The average Bonchev–Trinajstić information content (AvgIpc) is 3.40. The van der Waals surface area contributed by atoms with Crippen molar-refractivity contribution < 1.29 is 12.8 Å². The van der Waals surface area contributed by atoms with Crippen LogP contribution in [0.25, 0.3) is 27.9 Å². The molecule has 7 nitrogen and oxygen atoms in total. The molecule has 3 heterocycles. The molecule has 0 spiro atoms. The van der Waals surface area contributed by atoms with Crippen LogP contribution in [0.15, 0.2) is 84.4 Å². The van der Waals surface area contributed by atoms with Crippen LogP contribution in [0.3, 0.4) is 0 Å². The van der Waals surface area contributed by atoms with E-state index in [4.69, 9.17) is 11.6 Å². The zero-order chi connectivity index (χ0) is 23.2. The van der Waals surface area contributed by atoms with Gasteiger partial charge in [-0.25, -0.2) is 12.8 Å². The zero-order valence-electron chi connectivity index (χ0n) is 17.3. The van der Waals surface area contributed by atoms with Crippen LogP contribution in [0.5, 0.6) is 0 Å². The van der Waals surface area contributed by atoms with Gasteiger partial charge in [0.1, 0.15) is 5.82 Å². The Hall–Kier alpha value is -3.69. The number of hydrogen-bond donors (Lipinski definition) is 1. The summed E-state index contributed by atoms with van der Waals surface area (Å²) in [5, 5.41) is 4.61. The number of hydrogen-bond acceptors (Lipinski definition) is 4. The highest BCUT2D eigenvalue weighted by molar-refractivity contribution is 7.92. The van der Waals surface area contributed by atoms with Gasteiger partial charge in [-0.3, -0.25) is 14.4 Å². The molecule has 0 atom stereocenters. The van der Waals surface area contributed by atoms with Crippen LogP contribution in [-0.2, 0) is 17.1 Å². The number of halogens is 2. The molecule has 33 heavy (non-hydrogen) atoms. The first-order valence-electron chi connectivity index (χ1n) is 9.84. The summed E-state index contributed by atoms with van der Waals surface area (Å²) in [6.07, 6.45) is 8.94. The molecule has 5 rings (SSSR count). The molecule has 0 aliphatic carbocycles. The molecule has 0 bridgehead atoms. The van der Waals surface area contributed by atoms with E-state index in [1.165, 1.54) is 36.4 Å². The van der Waals surface area contributed by atoms with Gasteiger partial charge in [0.25, 0.3) is 10.0 Å². The topological polar surface area (TPSA) is 81.3 Å². The molecule has 1 N–H and O–H groups in total. The molecular formula is C23H17ClFN5O2S. The fraction of sp³-hybridized carbons (Fsp3) is 0.0435. The second kappa shape index (κ2) is 8.02. The highest BCUT2D eigenvalue weighted by Gasteiger charge is 2.17. The fourth-order valence-electron chi connectivity index (χ4n) is 3.57. The number of nitrogens with zero attached hydrogens (tertiary/aromatic N) is 4. The summed E-state index contributed by atoms with van der Waals surface area (Å²) in [4.78, 5) is 4.40. The number of sulfonamides is 1. The first kappa shape index (κ1) is 21.2. The van der Waals surface area contributed by atoms with Gasteiger partial charge in [-0.1, -0.05) is 11.6 Å². The van der Waals surface area contributed by atoms with Crippen molar-refractivity contribution >= 4 is 32.8 Å². The predicted octanol–water partition coefficient (Wildman–Crippen LogP) is 5.00. The number of benzene rings is 2. The number of anilines is 1. The quantitative estimate of drug-likeness (QED) is 0.383. The Bertz CT molecular complexity index is 1590. The Morgan fingerprint density at radius 2 is 1.82 bits per heavy atom. The normalized spacial score (nSPS) is 11.7. The highest BCUT2D eigenvalue weighted by Crippen LogP contribution is 2.31. The van der Waals surface area contributed by atoms with E-state index in [0.717, 1.165) is 17.2 Å². The molecule has 5 aromatic rings. The van der Waals surface area contributed by atoms with Crippen LogP contribution < -0.4 is 4.72 Å². The van der Waals surface area contributed by atoms with Crippen LogP contribution in [0.4, 0.5) is 10.1 Å². The maximum absolute atomic E-state index is 15.1. The van der Waals surface area contributed by atoms with E-state index in [2.05, 4.69) is 14.8 Å². The van der Waals surface area contributed by atoms with E-state index >= 15 is 4.39 Å². The monoisotopic (exact) mass is 481 g/mol. The van der Waals surface area contributed by atoms with E-state index in [-0.39, 0.29) is 16.1 Å². The first-order chi connectivity index (χ1) is 15.8. The average molecular weight is 482 g/mol. The molecular weight excluding hydrogens is 465 g/mol. The van der Waals surface area contributed by atoms with Crippen LogP contribution in [0.1, 0.15) is 0 Å². The Labute approximate surface area is 194 Å². The van der Waals surface area contributed by atoms with Gasteiger partial charge in [-0.2, -0.15) is 5.10 Å². The van der Waals surface area contributed by atoms with Gasteiger partial charge >= 0.3 is 0 Å². The summed E-state index contributed by atoms with van der Waals surface area (Å²) in [5.41, 5.74) is 3.36. The van der Waals surface area contributed by atoms with Gasteiger partial charge in [0.2, 0.25) is 0 Å². The molecule has 0 saturated carbocycles. The molecule has 0 fully saturated rings. The smallest absolute Gasteiger partial charge is 0.261 e. The van der Waals surface area contributed by atoms with Crippen LogP contribution in [-0.4, -0.2) is 27.6 Å². The lowest BCUT2D eigenvalue weighted by Crippen LogP contribution is -2.13. The van der Waals surface area contributed by atoms with Gasteiger partial charge in [0.15, 0.2) is 0 Å².